The predicted molar refractivity (Wildman–Crippen MR) is 73.0 cm³/mol. The number of aryl methyl sites for hydroxylation is 2. The molecule has 0 aliphatic carbocycles. The number of sulfonamides is 1. The van der Waals surface area contributed by atoms with Crippen LogP contribution in [-0.4, -0.2) is 36.4 Å². The molecule has 2 rings (SSSR count). The van der Waals surface area contributed by atoms with Crippen LogP contribution >= 0.6 is 11.3 Å². The standard InChI is InChI=1S/C12H17NO4S2/c1-8-7-11(18-9(8)2)19(16,17)13-6-4-3-5-10(13)12(14)15/h7,10H,3-6H2,1-2H3,(H,14,15). The molecule has 7 heteroatoms. The van der Waals surface area contributed by atoms with Gasteiger partial charge in [0.15, 0.2) is 0 Å². The fourth-order valence-electron chi connectivity index (χ4n) is 2.22. The second-order valence-corrected chi connectivity index (χ2v) is 8.14. The molecule has 0 saturated carbocycles. The zero-order valence-corrected chi connectivity index (χ0v) is 12.6. The van der Waals surface area contributed by atoms with Gasteiger partial charge in [0.1, 0.15) is 10.3 Å². The Hall–Kier alpha value is -0.920. The van der Waals surface area contributed by atoms with E-state index in [0.29, 0.717) is 12.8 Å². The number of piperidine rings is 1. The zero-order chi connectivity index (χ0) is 14.2. The van der Waals surface area contributed by atoms with Crippen LogP contribution in [0.1, 0.15) is 29.7 Å². The summed E-state index contributed by atoms with van der Waals surface area (Å²) in [5.41, 5.74) is 0.924. The highest BCUT2D eigenvalue weighted by atomic mass is 32.2. The molecule has 1 aliphatic heterocycles. The van der Waals surface area contributed by atoms with Gasteiger partial charge in [-0.1, -0.05) is 0 Å². The molecule has 1 saturated heterocycles. The Morgan fingerprint density at radius 2 is 2.11 bits per heavy atom. The predicted octanol–water partition coefficient (Wildman–Crippen LogP) is 1.99. The fraction of sp³-hybridized carbons (Fsp3) is 0.583. The number of carbonyl (C=O) groups is 1. The molecule has 1 atom stereocenters. The van der Waals surface area contributed by atoms with Crippen LogP contribution in [0.2, 0.25) is 0 Å². The van der Waals surface area contributed by atoms with Crippen LogP contribution in [0.25, 0.3) is 0 Å². The number of nitrogens with zero attached hydrogens (tertiary/aromatic N) is 1. The maximum absolute atomic E-state index is 12.5. The Bertz CT molecular complexity index is 571. The molecular formula is C12H17NO4S2. The number of rotatable bonds is 3. The summed E-state index contributed by atoms with van der Waals surface area (Å²) in [7, 11) is -3.69. The Balaban J connectivity index is 2.39. The first kappa shape index (κ1) is 14.5. The molecule has 0 aromatic carbocycles. The number of carboxylic acids is 1. The van der Waals surface area contributed by atoms with Gasteiger partial charge in [-0.25, -0.2) is 8.42 Å². The molecule has 0 amide bonds. The lowest BCUT2D eigenvalue weighted by atomic mass is 10.1. The summed E-state index contributed by atoms with van der Waals surface area (Å²) in [5.74, 6) is -1.06. The maximum atomic E-state index is 12.5. The number of carboxylic acid groups (broad SMARTS) is 1. The van der Waals surface area contributed by atoms with Crippen LogP contribution < -0.4 is 0 Å². The lowest BCUT2D eigenvalue weighted by Crippen LogP contribution is -2.47. The first-order chi connectivity index (χ1) is 8.84. The average Bonchev–Trinajstić information content (AvgIpc) is 2.70. The van der Waals surface area contributed by atoms with Crippen LogP contribution in [0.3, 0.4) is 0 Å². The van der Waals surface area contributed by atoms with E-state index in [4.69, 9.17) is 0 Å². The largest absolute Gasteiger partial charge is 0.480 e. The third-order valence-corrected chi connectivity index (χ3v) is 6.95. The van der Waals surface area contributed by atoms with E-state index in [9.17, 15) is 18.3 Å². The van der Waals surface area contributed by atoms with Gasteiger partial charge in [-0.15, -0.1) is 11.3 Å². The van der Waals surface area contributed by atoms with Gasteiger partial charge in [0.05, 0.1) is 0 Å². The first-order valence-corrected chi connectivity index (χ1v) is 8.41. The van der Waals surface area contributed by atoms with Gasteiger partial charge in [0.2, 0.25) is 0 Å². The Kier molecular flexibility index (Phi) is 3.98. The first-order valence-electron chi connectivity index (χ1n) is 6.15. The molecule has 1 aliphatic rings. The van der Waals surface area contributed by atoms with E-state index in [0.717, 1.165) is 21.2 Å². The highest BCUT2D eigenvalue weighted by Gasteiger charge is 2.38. The molecule has 1 aromatic rings. The van der Waals surface area contributed by atoms with Gasteiger partial charge in [-0.2, -0.15) is 4.31 Å². The van der Waals surface area contributed by atoms with E-state index in [2.05, 4.69) is 0 Å². The second-order valence-electron chi connectivity index (χ2n) is 4.77. The monoisotopic (exact) mass is 303 g/mol. The second kappa shape index (κ2) is 5.22. The number of hydrogen-bond acceptors (Lipinski definition) is 4. The third kappa shape index (κ3) is 2.68. The molecule has 1 unspecified atom stereocenters. The average molecular weight is 303 g/mol. The van der Waals surface area contributed by atoms with E-state index in [1.807, 2.05) is 13.8 Å². The maximum Gasteiger partial charge on any atom is 0.322 e. The van der Waals surface area contributed by atoms with Crippen LogP contribution in [0.4, 0.5) is 0 Å². The molecule has 1 N–H and O–H groups in total. The summed E-state index contributed by atoms with van der Waals surface area (Å²) in [6, 6.07) is 0.699. The summed E-state index contributed by atoms with van der Waals surface area (Å²) in [5, 5.41) is 9.18. The highest BCUT2D eigenvalue weighted by molar-refractivity contribution is 7.91. The Morgan fingerprint density at radius 1 is 1.42 bits per heavy atom. The van der Waals surface area contributed by atoms with Crippen LogP contribution in [0, 0.1) is 13.8 Å². The van der Waals surface area contributed by atoms with Crippen molar-refractivity contribution in [1.29, 1.82) is 0 Å². The minimum atomic E-state index is -3.69. The van der Waals surface area contributed by atoms with Crippen molar-refractivity contribution in [2.75, 3.05) is 6.54 Å². The zero-order valence-electron chi connectivity index (χ0n) is 10.9. The molecular weight excluding hydrogens is 286 g/mol. The molecule has 0 spiro atoms. The van der Waals surface area contributed by atoms with Crippen molar-refractivity contribution >= 4 is 27.3 Å². The van der Waals surface area contributed by atoms with Gasteiger partial charge in [-0.05, 0) is 44.7 Å². The topological polar surface area (TPSA) is 74.7 Å². The molecule has 5 nitrogen and oxygen atoms in total. The van der Waals surface area contributed by atoms with Crippen molar-refractivity contribution in [3.05, 3.63) is 16.5 Å². The van der Waals surface area contributed by atoms with Crippen molar-refractivity contribution in [3.63, 3.8) is 0 Å². The molecule has 0 radical (unpaired) electrons. The fourth-order valence-corrected chi connectivity index (χ4v) is 5.52. The molecule has 0 bridgehead atoms. The smallest absolute Gasteiger partial charge is 0.322 e. The minimum Gasteiger partial charge on any atom is -0.480 e. The summed E-state index contributed by atoms with van der Waals surface area (Å²) >= 11 is 1.21. The van der Waals surface area contributed by atoms with Gasteiger partial charge >= 0.3 is 5.97 Å². The quantitative estimate of drug-likeness (QED) is 0.926. The van der Waals surface area contributed by atoms with Crippen LogP contribution in [-0.2, 0) is 14.8 Å². The minimum absolute atomic E-state index is 0.246. The summed E-state index contributed by atoms with van der Waals surface area (Å²) in [6.07, 6.45) is 1.86. The SMILES string of the molecule is Cc1cc(S(=O)(=O)N2CCCCC2C(=O)O)sc1C. The molecule has 19 heavy (non-hydrogen) atoms. The normalized spacial score (nSPS) is 21.5. The van der Waals surface area contributed by atoms with Crippen molar-refractivity contribution in [3.8, 4) is 0 Å². The van der Waals surface area contributed by atoms with Crippen molar-refractivity contribution in [1.82, 2.24) is 4.31 Å². The van der Waals surface area contributed by atoms with Crippen LogP contribution in [0.5, 0.6) is 0 Å². The van der Waals surface area contributed by atoms with Crippen molar-refractivity contribution < 1.29 is 18.3 Å². The van der Waals surface area contributed by atoms with Crippen molar-refractivity contribution in [2.45, 2.75) is 43.4 Å². The Morgan fingerprint density at radius 3 is 2.63 bits per heavy atom. The van der Waals surface area contributed by atoms with Gasteiger partial charge in [0, 0.05) is 11.4 Å². The van der Waals surface area contributed by atoms with Gasteiger partial charge in [-0.3, -0.25) is 4.79 Å². The molecule has 1 fully saturated rings. The Labute approximate surface area is 116 Å². The van der Waals surface area contributed by atoms with Gasteiger partial charge in [0.25, 0.3) is 10.0 Å². The number of thiophene rings is 1. The lowest BCUT2D eigenvalue weighted by molar-refractivity contribution is -0.142. The molecule has 2 heterocycles. The lowest BCUT2D eigenvalue weighted by Gasteiger charge is -2.31. The van der Waals surface area contributed by atoms with E-state index >= 15 is 0 Å². The third-order valence-electron chi connectivity index (χ3n) is 3.45. The van der Waals surface area contributed by atoms with E-state index in [1.54, 1.807) is 6.07 Å². The summed E-state index contributed by atoms with van der Waals surface area (Å²) in [6.45, 7) is 4.01. The summed E-state index contributed by atoms with van der Waals surface area (Å²) < 4.78 is 26.5. The van der Waals surface area contributed by atoms with Crippen LogP contribution in [0.15, 0.2) is 10.3 Å². The molecule has 106 valence electrons. The summed E-state index contributed by atoms with van der Waals surface area (Å²) in [4.78, 5) is 12.2. The van der Waals surface area contributed by atoms with E-state index in [-0.39, 0.29) is 10.8 Å². The number of hydrogen-bond donors (Lipinski definition) is 1. The van der Waals surface area contributed by atoms with E-state index < -0.39 is 22.0 Å². The van der Waals surface area contributed by atoms with Crippen molar-refractivity contribution in [2.24, 2.45) is 0 Å². The molecule has 1 aromatic heterocycles. The highest BCUT2D eigenvalue weighted by Crippen LogP contribution is 2.31. The number of aliphatic carboxylic acids is 1. The van der Waals surface area contributed by atoms with E-state index in [1.165, 1.54) is 11.3 Å². The van der Waals surface area contributed by atoms with Gasteiger partial charge < -0.3 is 5.11 Å².